The maximum atomic E-state index is 12.3. The molecule has 0 aromatic carbocycles. The largest absolute Gasteiger partial charge is 0.417 e. The molecule has 0 radical (unpaired) electrons. The van der Waals surface area contributed by atoms with Gasteiger partial charge < -0.3 is 5.11 Å². The van der Waals surface area contributed by atoms with Crippen LogP contribution in [0.3, 0.4) is 0 Å². The lowest BCUT2D eigenvalue weighted by molar-refractivity contribution is -0.186. The molecule has 2 rings (SSSR count). The van der Waals surface area contributed by atoms with E-state index in [1.807, 2.05) is 0 Å². The predicted octanol–water partition coefficient (Wildman–Crippen LogP) is -1.56. The fraction of sp³-hybridized carbons (Fsp3) is 1.00. The summed E-state index contributed by atoms with van der Waals surface area (Å²) in [6.45, 7) is 0.427. The number of aliphatic hydroxyl groups excluding tert-OH is 1. The number of fused-ring (bicyclic) bond motifs is 1. The van der Waals surface area contributed by atoms with Gasteiger partial charge in [0.25, 0.3) is 0 Å². The summed E-state index contributed by atoms with van der Waals surface area (Å²) in [7, 11) is 0. The Kier molecular flexibility index (Phi) is 2.40. The third-order valence-electron chi connectivity index (χ3n) is 2.44. The van der Waals surface area contributed by atoms with Crippen LogP contribution in [-0.2, 0) is 0 Å². The van der Waals surface area contributed by atoms with Crippen LogP contribution in [0.15, 0.2) is 0 Å². The van der Waals surface area contributed by atoms with Gasteiger partial charge >= 0.3 is 6.18 Å². The van der Waals surface area contributed by atoms with Crippen molar-refractivity contribution >= 4 is 0 Å². The highest BCUT2D eigenvalue weighted by molar-refractivity contribution is 4.93. The summed E-state index contributed by atoms with van der Waals surface area (Å²) in [5.41, 5.74) is 5.32. The van der Waals surface area contributed by atoms with Gasteiger partial charge in [-0.25, -0.2) is 5.43 Å². The van der Waals surface area contributed by atoms with E-state index < -0.39 is 24.7 Å². The first-order valence-electron chi connectivity index (χ1n) is 4.24. The summed E-state index contributed by atoms with van der Waals surface area (Å²) in [5, 5.41) is 13.8. The van der Waals surface area contributed by atoms with E-state index in [1.165, 1.54) is 0 Å². The Morgan fingerprint density at radius 1 is 1.21 bits per heavy atom. The SMILES string of the molecule is OC1NC(C(F)(F)F)NC2NNCC12. The maximum absolute atomic E-state index is 12.3. The molecule has 0 amide bonds. The topological polar surface area (TPSA) is 68.3 Å². The number of nitrogens with one attached hydrogen (secondary N) is 4. The molecule has 0 aliphatic carbocycles. The molecule has 4 unspecified atom stereocenters. The van der Waals surface area contributed by atoms with E-state index >= 15 is 0 Å². The van der Waals surface area contributed by atoms with E-state index in [9.17, 15) is 18.3 Å². The standard InChI is InChI=1S/C6H11F3N4O/c7-6(8,9)5-11-3-2(1-10-13-3)4(14)12-5/h2-5,10-14H,1H2. The first-order chi connectivity index (χ1) is 6.48. The van der Waals surface area contributed by atoms with Crippen molar-refractivity contribution in [3.8, 4) is 0 Å². The summed E-state index contributed by atoms with van der Waals surface area (Å²) in [6.07, 6.45) is -7.99. The molecule has 0 aromatic heterocycles. The van der Waals surface area contributed by atoms with Crippen LogP contribution in [0, 0.1) is 5.92 Å². The fourth-order valence-electron chi connectivity index (χ4n) is 1.68. The molecule has 0 bridgehead atoms. The molecule has 14 heavy (non-hydrogen) atoms. The highest BCUT2D eigenvalue weighted by atomic mass is 19.4. The maximum Gasteiger partial charge on any atom is 0.417 e. The van der Waals surface area contributed by atoms with E-state index in [2.05, 4.69) is 21.5 Å². The third-order valence-corrected chi connectivity index (χ3v) is 2.44. The van der Waals surface area contributed by atoms with Crippen LogP contribution in [-0.4, -0.2) is 36.4 Å². The van der Waals surface area contributed by atoms with Crippen LogP contribution in [0.25, 0.3) is 0 Å². The molecule has 5 N–H and O–H groups in total. The molecule has 4 atom stereocenters. The molecule has 2 saturated heterocycles. The van der Waals surface area contributed by atoms with Gasteiger partial charge in [0.15, 0.2) is 6.17 Å². The van der Waals surface area contributed by atoms with Gasteiger partial charge in [-0.3, -0.25) is 16.1 Å². The summed E-state index contributed by atoms with van der Waals surface area (Å²) in [6, 6.07) is 0. The Bertz CT molecular complexity index is 224. The van der Waals surface area contributed by atoms with Crippen molar-refractivity contribution in [2.75, 3.05) is 6.54 Å². The number of alkyl halides is 3. The molecule has 8 heteroatoms. The van der Waals surface area contributed by atoms with Crippen LogP contribution in [0.4, 0.5) is 13.2 Å². The Balaban J connectivity index is 2.06. The summed E-state index contributed by atoms with van der Waals surface area (Å²) in [5.74, 6) is -0.298. The first kappa shape index (κ1) is 10.1. The molecule has 0 aromatic rings. The molecule has 2 heterocycles. The van der Waals surface area contributed by atoms with Crippen molar-refractivity contribution < 1.29 is 18.3 Å². The number of rotatable bonds is 0. The molecule has 0 spiro atoms. The van der Waals surface area contributed by atoms with Crippen molar-refractivity contribution in [3.63, 3.8) is 0 Å². The Hall–Kier alpha value is -0.410. The van der Waals surface area contributed by atoms with Crippen LogP contribution in [0.5, 0.6) is 0 Å². The Morgan fingerprint density at radius 2 is 1.93 bits per heavy atom. The van der Waals surface area contributed by atoms with Gasteiger partial charge in [-0.05, 0) is 0 Å². The van der Waals surface area contributed by atoms with Crippen molar-refractivity contribution in [1.82, 2.24) is 21.5 Å². The zero-order valence-corrected chi connectivity index (χ0v) is 7.10. The van der Waals surface area contributed by atoms with Gasteiger partial charge in [0, 0.05) is 12.5 Å². The van der Waals surface area contributed by atoms with E-state index in [0.717, 1.165) is 0 Å². The lowest BCUT2D eigenvalue weighted by atomic mass is 10.0. The lowest BCUT2D eigenvalue weighted by Crippen LogP contribution is -2.69. The Labute approximate surface area is 78.0 Å². The quantitative estimate of drug-likeness (QED) is 0.336. The summed E-state index contributed by atoms with van der Waals surface area (Å²) < 4.78 is 36.9. The van der Waals surface area contributed by atoms with Crippen LogP contribution in [0.2, 0.25) is 0 Å². The zero-order chi connectivity index (χ0) is 10.3. The van der Waals surface area contributed by atoms with Crippen molar-refractivity contribution in [3.05, 3.63) is 0 Å². The first-order valence-corrected chi connectivity index (χ1v) is 4.24. The minimum absolute atomic E-state index is 0.298. The lowest BCUT2D eigenvalue weighted by Gasteiger charge is -2.37. The number of hydrogen-bond donors (Lipinski definition) is 5. The van der Waals surface area contributed by atoms with Gasteiger partial charge in [0.2, 0.25) is 0 Å². The van der Waals surface area contributed by atoms with Gasteiger partial charge in [0.1, 0.15) is 6.23 Å². The number of halogens is 3. The summed E-state index contributed by atoms with van der Waals surface area (Å²) in [4.78, 5) is 0. The number of hydrazine groups is 1. The van der Waals surface area contributed by atoms with Gasteiger partial charge in [-0.2, -0.15) is 13.2 Å². The van der Waals surface area contributed by atoms with Crippen LogP contribution in [0.1, 0.15) is 0 Å². The molecular weight excluding hydrogens is 201 g/mol. The summed E-state index contributed by atoms with van der Waals surface area (Å²) >= 11 is 0. The molecule has 2 fully saturated rings. The number of aliphatic hydroxyl groups is 1. The van der Waals surface area contributed by atoms with E-state index in [-0.39, 0.29) is 5.92 Å². The van der Waals surface area contributed by atoms with E-state index in [1.54, 1.807) is 0 Å². The van der Waals surface area contributed by atoms with Crippen molar-refractivity contribution in [2.24, 2.45) is 5.92 Å². The van der Waals surface area contributed by atoms with Crippen LogP contribution >= 0.6 is 0 Å². The average Bonchev–Trinajstić information content (AvgIpc) is 2.50. The molecule has 2 aliphatic rings. The predicted molar refractivity (Wildman–Crippen MR) is 40.5 cm³/mol. The van der Waals surface area contributed by atoms with Gasteiger partial charge in [0.05, 0.1) is 6.17 Å². The highest BCUT2D eigenvalue weighted by Crippen LogP contribution is 2.24. The van der Waals surface area contributed by atoms with Gasteiger partial charge in [-0.1, -0.05) is 0 Å². The third kappa shape index (κ3) is 1.71. The van der Waals surface area contributed by atoms with Crippen molar-refractivity contribution in [1.29, 1.82) is 0 Å². The molecule has 82 valence electrons. The van der Waals surface area contributed by atoms with E-state index in [0.29, 0.717) is 6.54 Å². The average molecular weight is 212 g/mol. The normalized spacial score (nSPS) is 43.7. The molecule has 0 saturated carbocycles. The zero-order valence-electron chi connectivity index (χ0n) is 7.10. The van der Waals surface area contributed by atoms with Gasteiger partial charge in [-0.15, -0.1) is 0 Å². The van der Waals surface area contributed by atoms with Crippen molar-refractivity contribution in [2.45, 2.75) is 24.7 Å². The minimum Gasteiger partial charge on any atom is -0.378 e. The van der Waals surface area contributed by atoms with Crippen LogP contribution < -0.4 is 21.5 Å². The molecule has 5 nitrogen and oxygen atoms in total. The Morgan fingerprint density at radius 3 is 2.57 bits per heavy atom. The van der Waals surface area contributed by atoms with E-state index in [4.69, 9.17) is 0 Å². The minimum atomic E-state index is -4.41. The second kappa shape index (κ2) is 3.31. The molecular formula is C6H11F3N4O. The fourth-order valence-corrected chi connectivity index (χ4v) is 1.68. The number of hydrogen-bond acceptors (Lipinski definition) is 5. The smallest absolute Gasteiger partial charge is 0.378 e. The second-order valence-corrected chi connectivity index (χ2v) is 3.42. The molecule has 2 aliphatic heterocycles. The second-order valence-electron chi connectivity index (χ2n) is 3.42. The monoisotopic (exact) mass is 212 g/mol. The highest BCUT2D eigenvalue weighted by Gasteiger charge is 2.49.